The number of hydrogen-bond acceptors (Lipinski definition) is 3. The molecule has 0 bridgehead atoms. The van der Waals surface area contributed by atoms with Crippen molar-refractivity contribution >= 4 is 28.4 Å². The minimum Gasteiger partial charge on any atom is -0.362 e. The summed E-state index contributed by atoms with van der Waals surface area (Å²) in [5, 5.41) is 3.14. The number of rotatable bonds is 2. The summed E-state index contributed by atoms with van der Waals surface area (Å²) in [6, 6.07) is 6.98. The zero-order valence-corrected chi connectivity index (χ0v) is 10.5. The average molecular weight is 264 g/mol. The molecule has 1 aromatic carbocycles. The molecule has 0 aliphatic carbocycles. The summed E-state index contributed by atoms with van der Waals surface area (Å²) in [5.74, 6) is 0. The number of nitrogens with zero attached hydrogens (tertiary/aromatic N) is 1. The number of nitrogens with one attached hydrogen (secondary N) is 3. The van der Waals surface area contributed by atoms with Crippen LogP contribution in [0.3, 0.4) is 0 Å². The zero-order valence-electron chi connectivity index (χ0n) is 9.69. The summed E-state index contributed by atoms with van der Waals surface area (Å²) in [6.07, 6.45) is 0. The Morgan fingerprint density at radius 3 is 2.83 bits per heavy atom. The van der Waals surface area contributed by atoms with Crippen LogP contribution in [0.1, 0.15) is 6.92 Å². The number of fused-ring (bicyclic) bond motifs is 1. The lowest BCUT2D eigenvalue weighted by Crippen LogP contribution is -2.45. The van der Waals surface area contributed by atoms with Gasteiger partial charge in [0, 0.05) is 6.54 Å². The van der Waals surface area contributed by atoms with Crippen LogP contribution in [0, 0.1) is 0 Å². The number of aromatic amines is 1. The van der Waals surface area contributed by atoms with Crippen molar-refractivity contribution in [2.75, 3.05) is 12.0 Å². The molecule has 0 atom stereocenters. The zero-order chi connectivity index (χ0) is 13.1. The van der Waals surface area contributed by atoms with Gasteiger partial charge in [-0.15, -0.1) is 0 Å². The quantitative estimate of drug-likeness (QED) is 0.531. The van der Waals surface area contributed by atoms with Crippen LogP contribution in [0.2, 0.25) is 0 Å². The van der Waals surface area contributed by atoms with Gasteiger partial charge in [0.15, 0.2) is 5.11 Å². The van der Waals surface area contributed by atoms with Crippen molar-refractivity contribution in [1.29, 1.82) is 0 Å². The molecule has 94 valence electrons. The van der Waals surface area contributed by atoms with E-state index >= 15 is 0 Å². The molecule has 2 aromatic rings. The monoisotopic (exact) mass is 264 g/mol. The molecule has 2 rings (SSSR count). The Kier molecular flexibility index (Phi) is 3.42. The van der Waals surface area contributed by atoms with Gasteiger partial charge in [0.05, 0.1) is 11.0 Å². The minimum atomic E-state index is -0.700. The fraction of sp³-hybridized carbons (Fsp3) is 0.182. The fourth-order valence-corrected chi connectivity index (χ4v) is 1.81. The average Bonchev–Trinajstić information content (AvgIpc) is 2.35. The maximum atomic E-state index is 11.8. The van der Waals surface area contributed by atoms with Crippen molar-refractivity contribution in [3.05, 3.63) is 45.0 Å². The maximum Gasteiger partial charge on any atom is 0.335 e. The highest BCUT2D eigenvalue weighted by Crippen LogP contribution is 2.05. The molecule has 0 spiro atoms. The number of thiocarbonyl (C=S) groups is 1. The Morgan fingerprint density at radius 2 is 2.11 bits per heavy atom. The Hall–Kier alpha value is -2.15. The van der Waals surface area contributed by atoms with Crippen LogP contribution in [0.4, 0.5) is 0 Å². The predicted molar refractivity (Wildman–Crippen MR) is 74.5 cm³/mol. The molecule has 18 heavy (non-hydrogen) atoms. The van der Waals surface area contributed by atoms with Crippen molar-refractivity contribution in [3.8, 4) is 0 Å². The topological polar surface area (TPSA) is 78.9 Å². The SMILES string of the molecule is CCNC(=S)Nn1c(=O)c(=O)[nH]c2ccccc21. The summed E-state index contributed by atoms with van der Waals surface area (Å²) >= 11 is 5.01. The van der Waals surface area contributed by atoms with Gasteiger partial charge in [-0.1, -0.05) is 12.1 Å². The maximum absolute atomic E-state index is 11.8. The van der Waals surface area contributed by atoms with Gasteiger partial charge in [0.25, 0.3) is 0 Å². The fourth-order valence-electron chi connectivity index (χ4n) is 1.57. The van der Waals surface area contributed by atoms with E-state index in [1.54, 1.807) is 24.3 Å². The first kappa shape index (κ1) is 12.3. The van der Waals surface area contributed by atoms with Crippen molar-refractivity contribution in [2.24, 2.45) is 0 Å². The highest BCUT2D eigenvalue weighted by Gasteiger charge is 2.07. The molecule has 6 nitrogen and oxygen atoms in total. The van der Waals surface area contributed by atoms with Crippen molar-refractivity contribution in [1.82, 2.24) is 15.0 Å². The summed E-state index contributed by atoms with van der Waals surface area (Å²) < 4.78 is 1.14. The molecule has 0 aliphatic rings. The van der Waals surface area contributed by atoms with Gasteiger partial charge in [-0.25, -0.2) is 4.68 Å². The van der Waals surface area contributed by atoms with Gasteiger partial charge in [-0.3, -0.25) is 15.0 Å². The minimum absolute atomic E-state index is 0.287. The molecular weight excluding hydrogens is 252 g/mol. The van der Waals surface area contributed by atoms with Crippen LogP contribution >= 0.6 is 12.2 Å². The number of aromatic nitrogens is 2. The van der Waals surface area contributed by atoms with E-state index in [1.165, 1.54) is 0 Å². The van der Waals surface area contributed by atoms with Gasteiger partial charge < -0.3 is 10.3 Å². The highest BCUT2D eigenvalue weighted by molar-refractivity contribution is 7.80. The molecule has 0 saturated heterocycles. The van der Waals surface area contributed by atoms with Crippen molar-refractivity contribution in [3.63, 3.8) is 0 Å². The second-order valence-electron chi connectivity index (χ2n) is 3.58. The second-order valence-corrected chi connectivity index (χ2v) is 3.99. The van der Waals surface area contributed by atoms with Crippen LogP contribution < -0.4 is 21.9 Å². The summed E-state index contributed by atoms with van der Waals surface area (Å²) in [5.41, 5.74) is 2.43. The van der Waals surface area contributed by atoms with E-state index in [0.717, 1.165) is 4.68 Å². The molecule has 0 saturated carbocycles. The lowest BCUT2D eigenvalue weighted by atomic mass is 10.3. The van der Waals surface area contributed by atoms with E-state index in [9.17, 15) is 9.59 Å². The van der Waals surface area contributed by atoms with Crippen LogP contribution in [0.25, 0.3) is 11.0 Å². The summed E-state index contributed by atoms with van der Waals surface area (Å²) in [7, 11) is 0. The third-order valence-electron chi connectivity index (χ3n) is 2.34. The van der Waals surface area contributed by atoms with Crippen LogP contribution in [-0.2, 0) is 0 Å². The van der Waals surface area contributed by atoms with Crippen molar-refractivity contribution < 1.29 is 0 Å². The Bertz CT molecular complexity index is 704. The van der Waals surface area contributed by atoms with Crippen LogP contribution in [0.15, 0.2) is 33.9 Å². The van der Waals surface area contributed by atoms with E-state index in [4.69, 9.17) is 12.2 Å². The molecule has 1 heterocycles. The van der Waals surface area contributed by atoms with E-state index in [1.807, 2.05) is 6.92 Å². The lowest BCUT2D eigenvalue weighted by molar-refractivity contribution is 0.889. The molecular formula is C11H12N4O2S. The van der Waals surface area contributed by atoms with E-state index in [0.29, 0.717) is 17.6 Å². The third-order valence-corrected chi connectivity index (χ3v) is 2.58. The van der Waals surface area contributed by atoms with Crippen molar-refractivity contribution in [2.45, 2.75) is 6.92 Å². The summed E-state index contributed by atoms with van der Waals surface area (Å²) in [6.45, 7) is 2.51. The molecule has 0 aliphatic heterocycles. The molecule has 0 radical (unpaired) electrons. The highest BCUT2D eigenvalue weighted by atomic mass is 32.1. The van der Waals surface area contributed by atoms with E-state index < -0.39 is 11.1 Å². The van der Waals surface area contributed by atoms with Gasteiger partial charge in [-0.2, -0.15) is 0 Å². The molecule has 0 fully saturated rings. The first-order valence-electron chi connectivity index (χ1n) is 5.42. The van der Waals surface area contributed by atoms with Gasteiger partial charge in [0.1, 0.15) is 0 Å². The predicted octanol–water partition coefficient (Wildman–Crippen LogP) is 0.128. The van der Waals surface area contributed by atoms with Gasteiger partial charge >= 0.3 is 11.1 Å². The molecule has 1 aromatic heterocycles. The Balaban J connectivity index is 2.60. The Labute approximate surface area is 108 Å². The molecule has 7 heteroatoms. The third kappa shape index (κ3) is 2.25. The van der Waals surface area contributed by atoms with Crippen LogP contribution in [0.5, 0.6) is 0 Å². The summed E-state index contributed by atoms with van der Waals surface area (Å²) in [4.78, 5) is 25.8. The van der Waals surface area contributed by atoms with Gasteiger partial charge in [-0.05, 0) is 31.3 Å². The second kappa shape index (κ2) is 5.01. The first-order valence-corrected chi connectivity index (χ1v) is 5.83. The Morgan fingerprint density at radius 1 is 1.39 bits per heavy atom. The standard InChI is InChI=1S/C11H12N4O2S/c1-2-12-11(18)14-15-8-6-4-3-5-7(8)13-9(16)10(15)17/h3-6H,2H2,1H3,(H,13,16)(H2,12,14,18). The number of para-hydroxylation sites is 2. The van der Waals surface area contributed by atoms with E-state index in [2.05, 4.69) is 15.7 Å². The number of benzene rings is 1. The largest absolute Gasteiger partial charge is 0.362 e. The molecule has 3 N–H and O–H groups in total. The normalized spacial score (nSPS) is 10.3. The number of hydrogen-bond donors (Lipinski definition) is 3. The van der Waals surface area contributed by atoms with E-state index in [-0.39, 0.29) is 5.11 Å². The first-order chi connectivity index (χ1) is 8.63. The van der Waals surface area contributed by atoms with Gasteiger partial charge in [0.2, 0.25) is 0 Å². The van der Waals surface area contributed by atoms with Crippen LogP contribution in [-0.4, -0.2) is 21.3 Å². The number of H-pyrrole nitrogens is 1. The molecule has 0 amide bonds. The molecule has 0 unspecified atom stereocenters. The smallest absolute Gasteiger partial charge is 0.335 e. The lowest BCUT2D eigenvalue weighted by Gasteiger charge is -2.13.